The van der Waals surface area contributed by atoms with Crippen molar-refractivity contribution in [2.75, 3.05) is 19.7 Å². The van der Waals surface area contributed by atoms with Crippen molar-refractivity contribution in [3.05, 3.63) is 41.2 Å². The first-order chi connectivity index (χ1) is 11.2. The van der Waals surface area contributed by atoms with E-state index < -0.39 is 0 Å². The number of aliphatic hydroxyl groups excluding tert-OH is 1. The Balaban J connectivity index is 1.68. The molecule has 1 saturated heterocycles. The van der Waals surface area contributed by atoms with Crippen LogP contribution in [0, 0.1) is 11.2 Å². The number of rotatable bonds is 6. The van der Waals surface area contributed by atoms with E-state index in [9.17, 15) is 9.50 Å². The van der Waals surface area contributed by atoms with Crippen LogP contribution in [-0.2, 0) is 6.54 Å². The van der Waals surface area contributed by atoms with Crippen LogP contribution in [0.15, 0.2) is 29.6 Å². The summed E-state index contributed by atoms with van der Waals surface area (Å²) in [5, 5.41) is 12.5. The standard InChI is InChI=1S/C18H23FN2OS/c1-2-7-18(13-22)8-9-21(12-18)10-14-11-23-17(20-14)15-5-3-4-6-16(15)19/h3-6,11,22H,2,7-10,12-13H2,1H3. The highest BCUT2D eigenvalue weighted by Gasteiger charge is 2.36. The monoisotopic (exact) mass is 334 g/mol. The molecular formula is C18H23FN2OS. The molecule has 0 amide bonds. The number of halogens is 1. The normalized spacial score (nSPS) is 21.9. The lowest BCUT2D eigenvalue weighted by Crippen LogP contribution is -2.30. The topological polar surface area (TPSA) is 36.4 Å². The Kier molecular flexibility index (Phi) is 5.09. The Morgan fingerprint density at radius 2 is 2.22 bits per heavy atom. The molecule has 1 aliphatic heterocycles. The molecule has 1 atom stereocenters. The fourth-order valence-corrected chi connectivity index (χ4v) is 4.31. The lowest BCUT2D eigenvalue weighted by molar-refractivity contribution is 0.117. The third-order valence-corrected chi connectivity index (χ3v) is 5.60. The van der Waals surface area contributed by atoms with Crippen LogP contribution in [-0.4, -0.2) is 34.7 Å². The molecule has 0 radical (unpaired) electrons. The summed E-state index contributed by atoms with van der Waals surface area (Å²) in [7, 11) is 0. The minimum absolute atomic E-state index is 0.0547. The maximum absolute atomic E-state index is 13.9. The smallest absolute Gasteiger partial charge is 0.133 e. The lowest BCUT2D eigenvalue weighted by atomic mass is 9.83. The Labute approximate surface area is 140 Å². The zero-order valence-corrected chi connectivity index (χ0v) is 14.3. The van der Waals surface area contributed by atoms with Crippen LogP contribution in [0.3, 0.4) is 0 Å². The molecule has 2 aromatic rings. The van der Waals surface area contributed by atoms with E-state index in [-0.39, 0.29) is 17.8 Å². The van der Waals surface area contributed by atoms with Gasteiger partial charge in [-0.3, -0.25) is 4.90 Å². The predicted octanol–water partition coefficient (Wildman–Crippen LogP) is 3.93. The van der Waals surface area contributed by atoms with Crippen LogP contribution in [0.5, 0.6) is 0 Å². The van der Waals surface area contributed by atoms with Gasteiger partial charge in [-0.1, -0.05) is 25.5 Å². The summed E-state index contributed by atoms with van der Waals surface area (Å²) in [6.07, 6.45) is 3.21. The summed E-state index contributed by atoms with van der Waals surface area (Å²) >= 11 is 1.49. The highest BCUT2D eigenvalue weighted by atomic mass is 32.1. The number of benzene rings is 1. The number of likely N-dealkylation sites (tertiary alicyclic amines) is 1. The van der Waals surface area contributed by atoms with Crippen molar-refractivity contribution >= 4 is 11.3 Å². The molecule has 1 aliphatic rings. The molecular weight excluding hydrogens is 311 g/mol. The average Bonchev–Trinajstić information content (AvgIpc) is 3.17. The number of thiazole rings is 1. The van der Waals surface area contributed by atoms with Gasteiger partial charge in [0.05, 0.1) is 5.69 Å². The van der Waals surface area contributed by atoms with Gasteiger partial charge in [-0.25, -0.2) is 9.37 Å². The van der Waals surface area contributed by atoms with E-state index in [2.05, 4.69) is 16.8 Å². The van der Waals surface area contributed by atoms with Gasteiger partial charge in [-0.05, 0) is 31.5 Å². The highest BCUT2D eigenvalue weighted by molar-refractivity contribution is 7.13. The zero-order valence-electron chi connectivity index (χ0n) is 13.5. The van der Waals surface area contributed by atoms with E-state index in [4.69, 9.17) is 0 Å². The molecule has 0 spiro atoms. The van der Waals surface area contributed by atoms with Gasteiger partial charge in [0.25, 0.3) is 0 Å². The Bertz CT molecular complexity index is 660. The highest BCUT2D eigenvalue weighted by Crippen LogP contribution is 2.35. The number of aliphatic hydroxyl groups is 1. The number of nitrogens with zero attached hydrogens (tertiary/aromatic N) is 2. The van der Waals surface area contributed by atoms with E-state index in [0.717, 1.165) is 49.6 Å². The van der Waals surface area contributed by atoms with E-state index in [1.807, 2.05) is 11.4 Å². The third kappa shape index (κ3) is 3.62. The van der Waals surface area contributed by atoms with Gasteiger partial charge in [0.2, 0.25) is 0 Å². The minimum atomic E-state index is -0.225. The molecule has 1 N–H and O–H groups in total. The van der Waals surface area contributed by atoms with Gasteiger partial charge in [-0.2, -0.15) is 0 Å². The molecule has 0 aliphatic carbocycles. The number of hydrogen-bond acceptors (Lipinski definition) is 4. The second-order valence-corrected chi connectivity index (χ2v) is 7.35. The fraction of sp³-hybridized carbons (Fsp3) is 0.500. The van der Waals surface area contributed by atoms with Crippen molar-refractivity contribution < 1.29 is 9.50 Å². The van der Waals surface area contributed by atoms with Gasteiger partial charge in [0.15, 0.2) is 0 Å². The Morgan fingerprint density at radius 3 is 2.96 bits per heavy atom. The van der Waals surface area contributed by atoms with Crippen LogP contribution in [0.4, 0.5) is 4.39 Å². The van der Waals surface area contributed by atoms with Crippen LogP contribution < -0.4 is 0 Å². The zero-order chi connectivity index (χ0) is 16.3. The van der Waals surface area contributed by atoms with Gasteiger partial charge in [-0.15, -0.1) is 11.3 Å². The summed E-state index contributed by atoms with van der Waals surface area (Å²) in [5.41, 5.74) is 1.61. The van der Waals surface area contributed by atoms with E-state index in [0.29, 0.717) is 5.56 Å². The number of aromatic nitrogens is 1. The molecule has 3 rings (SSSR count). The summed E-state index contributed by atoms with van der Waals surface area (Å²) in [4.78, 5) is 6.95. The summed E-state index contributed by atoms with van der Waals surface area (Å²) in [6, 6.07) is 6.77. The molecule has 23 heavy (non-hydrogen) atoms. The molecule has 2 heterocycles. The molecule has 0 bridgehead atoms. The summed E-state index contributed by atoms with van der Waals surface area (Å²) < 4.78 is 13.9. The quantitative estimate of drug-likeness (QED) is 0.869. The van der Waals surface area contributed by atoms with Crippen LogP contribution in [0.2, 0.25) is 0 Å². The van der Waals surface area contributed by atoms with Crippen LogP contribution in [0.1, 0.15) is 31.9 Å². The second kappa shape index (κ2) is 7.07. The number of hydrogen-bond donors (Lipinski definition) is 1. The molecule has 1 fully saturated rings. The lowest BCUT2D eigenvalue weighted by Gasteiger charge is -2.26. The Morgan fingerprint density at radius 1 is 1.39 bits per heavy atom. The molecule has 1 aromatic carbocycles. The van der Waals surface area contributed by atoms with Crippen molar-refractivity contribution in [2.45, 2.75) is 32.7 Å². The van der Waals surface area contributed by atoms with Crippen molar-refractivity contribution in [3.8, 4) is 10.6 Å². The van der Waals surface area contributed by atoms with Crippen molar-refractivity contribution in [1.29, 1.82) is 0 Å². The molecule has 124 valence electrons. The van der Waals surface area contributed by atoms with Gasteiger partial charge in [0.1, 0.15) is 10.8 Å². The first-order valence-corrected chi connectivity index (χ1v) is 9.06. The predicted molar refractivity (Wildman–Crippen MR) is 91.8 cm³/mol. The van der Waals surface area contributed by atoms with Crippen LogP contribution >= 0.6 is 11.3 Å². The maximum Gasteiger partial charge on any atom is 0.133 e. The van der Waals surface area contributed by atoms with Gasteiger partial charge >= 0.3 is 0 Å². The van der Waals surface area contributed by atoms with Crippen molar-refractivity contribution in [2.24, 2.45) is 5.41 Å². The van der Waals surface area contributed by atoms with E-state index in [1.165, 1.54) is 17.4 Å². The van der Waals surface area contributed by atoms with Crippen molar-refractivity contribution in [1.82, 2.24) is 9.88 Å². The van der Waals surface area contributed by atoms with Gasteiger partial charge < -0.3 is 5.11 Å². The molecule has 1 unspecified atom stereocenters. The maximum atomic E-state index is 13.9. The summed E-state index contributed by atoms with van der Waals surface area (Å²) in [6.45, 7) is 5.11. The molecule has 0 saturated carbocycles. The first kappa shape index (κ1) is 16.6. The SMILES string of the molecule is CCCC1(CO)CCN(Cc2csc(-c3ccccc3F)n2)C1. The van der Waals surface area contributed by atoms with Crippen LogP contribution in [0.25, 0.3) is 10.6 Å². The summed E-state index contributed by atoms with van der Waals surface area (Å²) in [5.74, 6) is -0.225. The van der Waals surface area contributed by atoms with Crippen molar-refractivity contribution in [3.63, 3.8) is 0 Å². The molecule has 1 aromatic heterocycles. The minimum Gasteiger partial charge on any atom is -0.396 e. The largest absolute Gasteiger partial charge is 0.396 e. The Hall–Kier alpha value is -1.30. The average molecular weight is 334 g/mol. The second-order valence-electron chi connectivity index (χ2n) is 6.49. The van der Waals surface area contributed by atoms with Gasteiger partial charge in [0, 0.05) is 36.1 Å². The van der Waals surface area contributed by atoms with E-state index in [1.54, 1.807) is 12.1 Å². The molecule has 3 nitrogen and oxygen atoms in total. The molecule has 5 heteroatoms. The third-order valence-electron chi connectivity index (χ3n) is 4.67. The first-order valence-electron chi connectivity index (χ1n) is 8.18. The fourth-order valence-electron chi connectivity index (χ4n) is 3.47. The van der Waals surface area contributed by atoms with E-state index >= 15 is 0 Å².